The molecule has 0 spiro atoms. The van der Waals surface area contributed by atoms with Gasteiger partial charge in [-0.25, -0.2) is 8.78 Å². The molecule has 10 heteroatoms. The van der Waals surface area contributed by atoms with Crippen molar-refractivity contribution in [3.8, 4) is 0 Å². The van der Waals surface area contributed by atoms with Crippen LogP contribution in [-0.2, 0) is 21.4 Å². The SMILES string of the molecule is CC1CN(CC(=O)N2CC(C)(C)c3cnc(Cc4ccc(F)cc4F)cc32)C(CN2CCOCC2(C)CO)CN1. The number of hydrogen-bond donors (Lipinski definition) is 2. The van der Waals surface area contributed by atoms with Gasteiger partial charge in [0.25, 0.3) is 0 Å². The molecule has 2 fully saturated rings. The highest BCUT2D eigenvalue weighted by Crippen LogP contribution is 2.40. The monoisotopic (exact) mass is 557 g/mol. The zero-order chi connectivity index (χ0) is 28.7. The van der Waals surface area contributed by atoms with Crippen LogP contribution >= 0.6 is 0 Å². The van der Waals surface area contributed by atoms with Gasteiger partial charge in [-0.1, -0.05) is 19.9 Å². The number of aliphatic hydroxyl groups is 1. The summed E-state index contributed by atoms with van der Waals surface area (Å²) in [5.41, 5.74) is 2.07. The van der Waals surface area contributed by atoms with Gasteiger partial charge in [0.15, 0.2) is 0 Å². The first-order chi connectivity index (χ1) is 19.0. The van der Waals surface area contributed by atoms with Gasteiger partial charge in [-0.2, -0.15) is 0 Å². The van der Waals surface area contributed by atoms with Crippen molar-refractivity contribution in [3.05, 3.63) is 58.9 Å². The van der Waals surface area contributed by atoms with Crippen molar-refractivity contribution in [3.63, 3.8) is 0 Å². The number of rotatable bonds is 7. The molecule has 4 heterocycles. The number of carbonyl (C=O) groups is 1. The summed E-state index contributed by atoms with van der Waals surface area (Å²) in [7, 11) is 0. The summed E-state index contributed by atoms with van der Waals surface area (Å²) in [6, 6.07) is 5.80. The van der Waals surface area contributed by atoms with Crippen molar-refractivity contribution in [1.82, 2.24) is 20.1 Å². The summed E-state index contributed by atoms with van der Waals surface area (Å²) >= 11 is 0. The lowest BCUT2D eigenvalue weighted by molar-refractivity contribution is -0.122. The molecule has 0 bridgehead atoms. The molecule has 3 unspecified atom stereocenters. The van der Waals surface area contributed by atoms with Gasteiger partial charge in [0, 0.05) is 80.2 Å². The lowest BCUT2D eigenvalue weighted by Crippen LogP contribution is -2.65. The summed E-state index contributed by atoms with van der Waals surface area (Å²) in [6.45, 7) is 13.3. The van der Waals surface area contributed by atoms with E-state index in [0.717, 1.165) is 43.5 Å². The van der Waals surface area contributed by atoms with E-state index in [0.29, 0.717) is 31.0 Å². The third kappa shape index (κ3) is 5.92. The van der Waals surface area contributed by atoms with E-state index in [2.05, 4.69) is 40.9 Å². The van der Waals surface area contributed by atoms with Crippen LogP contribution in [0.25, 0.3) is 0 Å². The zero-order valence-corrected chi connectivity index (χ0v) is 23.9. The molecule has 0 saturated carbocycles. The topological polar surface area (TPSA) is 81.2 Å². The number of aromatic nitrogens is 1. The molecule has 0 aliphatic carbocycles. The first-order valence-corrected chi connectivity index (χ1v) is 14.1. The number of hydrogen-bond acceptors (Lipinski definition) is 7. The molecule has 1 amide bonds. The van der Waals surface area contributed by atoms with Crippen molar-refractivity contribution in [2.24, 2.45) is 0 Å². The number of ether oxygens (including phenoxy) is 1. The Kier molecular flexibility index (Phi) is 8.27. The smallest absolute Gasteiger partial charge is 0.241 e. The maximum Gasteiger partial charge on any atom is 0.241 e. The van der Waals surface area contributed by atoms with Crippen molar-refractivity contribution >= 4 is 11.6 Å². The first-order valence-electron chi connectivity index (χ1n) is 14.1. The Morgan fingerprint density at radius 3 is 2.80 bits per heavy atom. The summed E-state index contributed by atoms with van der Waals surface area (Å²) in [4.78, 5) is 24.9. The minimum Gasteiger partial charge on any atom is -0.394 e. The van der Waals surface area contributed by atoms with Gasteiger partial charge in [0.05, 0.1) is 37.6 Å². The molecule has 2 aromatic rings. The van der Waals surface area contributed by atoms with Gasteiger partial charge in [0.1, 0.15) is 11.6 Å². The second kappa shape index (κ2) is 11.4. The fraction of sp³-hybridized carbons (Fsp3) is 0.600. The van der Waals surface area contributed by atoms with Crippen LogP contribution in [0.15, 0.2) is 30.5 Å². The van der Waals surface area contributed by atoms with Gasteiger partial charge in [0.2, 0.25) is 5.91 Å². The van der Waals surface area contributed by atoms with E-state index < -0.39 is 17.2 Å². The number of nitrogens with zero attached hydrogens (tertiary/aromatic N) is 4. The Hall–Kier alpha value is -2.50. The fourth-order valence-corrected chi connectivity index (χ4v) is 6.18. The van der Waals surface area contributed by atoms with E-state index in [1.807, 2.05) is 17.9 Å². The average Bonchev–Trinajstić information content (AvgIpc) is 3.18. The van der Waals surface area contributed by atoms with Crippen LogP contribution in [-0.4, -0.2) is 103 Å². The molecule has 3 aliphatic rings. The molecule has 1 aromatic heterocycles. The standard InChI is InChI=1S/C30H41F2N5O3/c1-20-14-35(24(12-33-20)15-36-7-8-40-19-30(36,4)18-38)16-28(39)37-17-29(2,3)25-13-34-23(11-27(25)37)9-21-5-6-22(31)10-26(21)32/h5-6,10-11,13,20,24,33,38H,7-9,12,14-19H2,1-4H3. The first kappa shape index (κ1) is 29.0. The largest absolute Gasteiger partial charge is 0.394 e. The minimum atomic E-state index is -0.614. The highest BCUT2D eigenvalue weighted by molar-refractivity contribution is 5.97. The van der Waals surface area contributed by atoms with E-state index in [1.165, 1.54) is 12.1 Å². The maximum absolute atomic E-state index is 14.3. The van der Waals surface area contributed by atoms with E-state index in [4.69, 9.17) is 4.74 Å². The maximum atomic E-state index is 14.3. The lowest BCUT2D eigenvalue weighted by Gasteiger charge is -2.48. The summed E-state index contributed by atoms with van der Waals surface area (Å²) in [5.74, 6) is -1.20. The number of anilines is 1. The molecule has 5 rings (SSSR count). The van der Waals surface area contributed by atoms with Crippen LogP contribution in [0, 0.1) is 11.6 Å². The molecule has 8 nitrogen and oxygen atoms in total. The predicted octanol–water partition coefficient (Wildman–Crippen LogP) is 2.32. The number of nitrogens with one attached hydrogen (secondary N) is 1. The second-order valence-electron chi connectivity index (χ2n) is 12.5. The Morgan fingerprint density at radius 1 is 1.25 bits per heavy atom. The molecule has 2 N–H and O–H groups in total. The molecule has 3 atom stereocenters. The molecule has 0 radical (unpaired) electrons. The van der Waals surface area contributed by atoms with Crippen molar-refractivity contribution < 1.29 is 23.4 Å². The van der Waals surface area contributed by atoms with Crippen LogP contribution in [0.5, 0.6) is 0 Å². The normalized spacial score (nSPS) is 27.1. The Morgan fingerprint density at radius 2 is 2.05 bits per heavy atom. The van der Waals surface area contributed by atoms with Crippen molar-refractivity contribution in [1.29, 1.82) is 0 Å². The minimum absolute atomic E-state index is 0.0142. The van der Waals surface area contributed by atoms with Crippen LogP contribution in [0.2, 0.25) is 0 Å². The van der Waals surface area contributed by atoms with Crippen LogP contribution < -0.4 is 10.2 Å². The molecule has 40 heavy (non-hydrogen) atoms. The number of pyridine rings is 1. The second-order valence-corrected chi connectivity index (χ2v) is 12.5. The van der Waals surface area contributed by atoms with E-state index in [1.54, 1.807) is 6.20 Å². The number of benzene rings is 1. The van der Waals surface area contributed by atoms with Gasteiger partial charge >= 0.3 is 0 Å². The van der Waals surface area contributed by atoms with E-state index in [-0.39, 0.29) is 43.0 Å². The highest BCUT2D eigenvalue weighted by atomic mass is 19.1. The highest BCUT2D eigenvalue weighted by Gasteiger charge is 2.41. The molecule has 218 valence electrons. The number of fused-ring (bicyclic) bond motifs is 1. The fourth-order valence-electron chi connectivity index (χ4n) is 6.18. The van der Waals surface area contributed by atoms with Crippen molar-refractivity contribution in [2.45, 2.75) is 57.2 Å². The third-order valence-corrected chi connectivity index (χ3v) is 8.72. The number of carbonyl (C=O) groups excluding carboxylic acids is 1. The van der Waals surface area contributed by atoms with Crippen LogP contribution in [0.3, 0.4) is 0 Å². The summed E-state index contributed by atoms with van der Waals surface area (Å²) in [6.07, 6.45) is 2.01. The lowest BCUT2D eigenvalue weighted by atomic mass is 9.88. The van der Waals surface area contributed by atoms with Crippen LogP contribution in [0.1, 0.15) is 44.5 Å². The van der Waals surface area contributed by atoms with Gasteiger partial charge in [-0.3, -0.25) is 19.6 Å². The number of piperazine rings is 1. The number of amides is 1. The molecule has 2 saturated heterocycles. The summed E-state index contributed by atoms with van der Waals surface area (Å²) < 4.78 is 33.4. The Balaban J connectivity index is 1.35. The van der Waals surface area contributed by atoms with Gasteiger partial charge in [-0.05, 0) is 31.5 Å². The molecular formula is C30H41F2N5O3. The van der Waals surface area contributed by atoms with Crippen molar-refractivity contribution in [2.75, 3.05) is 64.0 Å². The molecule has 3 aliphatic heterocycles. The number of halogens is 2. The zero-order valence-electron chi connectivity index (χ0n) is 23.9. The Bertz CT molecular complexity index is 1240. The number of morpholine rings is 1. The van der Waals surface area contributed by atoms with Crippen LogP contribution in [0.4, 0.5) is 14.5 Å². The third-order valence-electron chi connectivity index (χ3n) is 8.72. The predicted molar refractivity (Wildman–Crippen MR) is 149 cm³/mol. The average molecular weight is 558 g/mol. The molecular weight excluding hydrogens is 516 g/mol. The summed E-state index contributed by atoms with van der Waals surface area (Å²) in [5, 5.41) is 13.6. The molecule has 1 aromatic carbocycles. The quantitative estimate of drug-likeness (QED) is 0.541. The number of aliphatic hydroxyl groups excluding tert-OH is 1. The van der Waals surface area contributed by atoms with E-state index in [9.17, 15) is 18.7 Å². The Labute approximate surface area is 235 Å². The van der Waals surface area contributed by atoms with Gasteiger partial charge < -0.3 is 20.1 Å². The van der Waals surface area contributed by atoms with E-state index >= 15 is 0 Å². The van der Waals surface area contributed by atoms with Gasteiger partial charge in [-0.15, -0.1) is 0 Å².